The predicted octanol–water partition coefficient (Wildman–Crippen LogP) is 0.777. The standard InChI is InChI=1S/C8H16N4S/c1-7-9-10-8(12(7)4)13-6-5-11(2)3/h5-6H2,1-4H3. The lowest BCUT2D eigenvalue weighted by molar-refractivity contribution is 0.437. The maximum absolute atomic E-state index is 4.07. The first-order chi connectivity index (χ1) is 6.11. The van der Waals surface area contributed by atoms with Gasteiger partial charge >= 0.3 is 0 Å². The van der Waals surface area contributed by atoms with Gasteiger partial charge in [-0.2, -0.15) is 0 Å². The lowest BCUT2D eigenvalue weighted by Gasteiger charge is -2.07. The molecule has 0 aliphatic heterocycles. The van der Waals surface area contributed by atoms with Crippen LogP contribution in [0.2, 0.25) is 0 Å². The number of hydrogen-bond acceptors (Lipinski definition) is 4. The molecule has 5 heteroatoms. The molecule has 1 heterocycles. The van der Waals surface area contributed by atoms with E-state index >= 15 is 0 Å². The van der Waals surface area contributed by atoms with E-state index < -0.39 is 0 Å². The Kier molecular flexibility index (Phi) is 3.74. The largest absolute Gasteiger partial charge is 0.309 e. The Bertz CT molecular complexity index is 269. The maximum atomic E-state index is 4.07. The molecule has 0 bridgehead atoms. The van der Waals surface area contributed by atoms with Gasteiger partial charge in [-0.05, 0) is 21.0 Å². The van der Waals surface area contributed by atoms with Gasteiger partial charge in [0.1, 0.15) is 5.82 Å². The van der Waals surface area contributed by atoms with Gasteiger partial charge in [0.15, 0.2) is 5.16 Å². The van der Waals surface area contributed by atoms with Crippen LogP contribution in [0.5, 0.6) is 0 Å². The maximum Gasteiger partial charge on any atom is 0.190 e. The van der Waals surface area contributed by atoms with Gasteiger partial charge in [0, 0.05) is 19.3 Å². The number of thioether (sulfide) groups is 1. The molecule has 0 aromatic carbocycles. The molecule has 0 spiro atoms. The molecule has 0 atom stereocenters. The summed E-state index contributed by atoms with van der Waals surface area (Å²) in [5.41, 5.74) is 0. The van der Waals surface area contributed by atoms with Crippen molar-refractivity contribution in [3.05, 3.63) is 5.82 Å². The van der Waals surface area contributed by atoms with Crippen molar-refractivity contribution in [2.24, 2.45) is 7.05 Å². The summed E-state index contributed by atoms with van der Waals surface area (Å²) in [6.07, 6.45) is 0. The summed E-state index contributed by atoms with van der Waals surface area (Å²) in [6.45, 7) is 3.03. The minimum absolute atomic E-state index is 0.965. The van der Waals surface area contributed by atoms with Crippen molar-refractivity contribution in [2.45, 2.75) is 12.1 Å². The quantitative estimate of drug-likeness (QED) is 0.673. The smallest absolute Gasteiger partial charge is 0.190 e. The molecule has 1 aromatic rings. The molecule has 0 saturated heterocycles. The molecule has 13 heavy (non-hydrogen) atoms. The molecule has 0 unspecified atom stereocenters. The number of aryl methyl sites for hydroxylation is 1. The minimum Gasteiger partial charge on any atom is -0.309 e. The van der Waals surface area contributed by atoms with E-state index in [4.69, 9.17) is 0 Å². The van der Waals surface area contributed by atoms with Gasteiger partial charge in [0.25, 0.3) is 0 Å². The lowest BCUT2D eigenvalue weighted by Crippen LogP contribution is -2.15. The fourth-order valence-corrected chi connectivity index (χ4v) is 1.90. The summed E-state index contributed by atoms with van der Waals surface area (Å²) in [4.78, 5) is 2.16. The van der Waals surface area contributed by atoms with Crippen molar-refractivity contribution < 1.29 is 0 Å². The molecular weight excluding hydrogens is 184 g/mol. The van der Waals surface area contributed by atoms with Gasteiger partial charge < -0.3 is 9.47 Å². The van der Waals surface area contributed by atoms with Crippen LogP contribution in [0, 0.1) is 6.92 Å². The van der Waals surface area contributed by atoms with E-state index in [0.717, 1.165) is 23.3 Å². The van der Waals surface area contributed by atoms with E-state index in [1.807, 2.05) is 18.5 Å². The van der Waals surface area contributed by atoms with Crippen LogP contribution in [0.4, 0.5) is 0 Å². The van der Waals surface area contributed by atoms with E-state index in [1.54, 1.807) is 11.8 Å². The fourth-order valence-electron chi connectivity index (χ4n) is 0.833. The van der Waals surface area contributed by atoms with Crippen molar-refractivity contribution in [3.8, 4) is 0 Å². The fraction of sp³-hybridized carbons (Fsp3) is 0.750. The highest BCUT2D eigenvalue weighted by molar-refractivity contribution is 7.99. The molecular formula is C8H16N4S. The van der Waals surface area contributed by atoms with E-state index in [-0.39, 0.29) is 0 Å². The second kappa shape index (κ2) is 4.62. The van der Waals surface area contributed by atoms with Gasteiger partial charge in [-0.15, -0.1) is 10.2 Å². The first kappa shape index (κ1) is 10.5. The molecule has 1 aromatic heterocycles. The molecule has 0 amide bonds. The van der Waals surface area contributed by atoms with E-state index in [0.29, 0.717) is 0 Å². The zero-order chi connectivity index (χ0) is 9.84. The van der Waals surface area contributed by atoms with Gasteiger partial charge in [0.2, 0.25) is 0 Å². The Balaban J connectivity index is 2.41. The number of nitrogens with zero attached hydrogens (tertiary/aromatic N) is 4. The van der Waals surface area contributed by atoms with Gasteiger partial charge in [-0.3, -0.25) is 0 Å². The number of hydrogen-bond donors (Lipinski definition) is 0. The predicted molar refractivity (Wildman–Crippen MR) is 55.0 cm³/mol. The topological polar surface area (TPSA) is 34.0 Å². The summed E-state index contributed by atoms with van der Waals surface area (Å²) >= 11 is 1.74. The Morgan fingerprint density at radius 3 is 2.54 bits per heavy atom. The third kappa shape index (κ3) is 3.00. The van der Waals surface area contributed by atoms with Crippen molar-refractivity contribution in [2.75, 3.05) is 26.4 Å². The molecule has 0 fully saturated rings. The van der Waals surface area contributed by atoms with Crippen molar-refractivity contribution in [1.29, 1.82) is 0 Å². The van der Waals surface area contributed by atoms with Gasteiger partial charge in [0.05, 0.1) is 0 Å². The third-order valence-electron chi connectivity index (χ3n) is 1.82. The second-order valence-electron chi connectivity index (χ2n) is 3.24. The average Bonchev–Trinajstić information content (AvgIpc) is 2.35. The average molecular weight is 200 g/mol. The Hall–Kier alpha value is -0.550. The second-order valence-corrected chi connectivity index (χ2v) is 4.30. The van der Waals surface area contributed by atoms with Crippen LogP contribution in [0.3, 0.4) is 0 Å². The van der Waals surface area contributed by atoms with Crippen LogP contribution < -0.4 is 0 Å². The molecule has 74 valence electrons. The van der Waals surface area contributed by atoms with Crippen LogP contribution >= 0.6 is 11.8 Å². The Morgan fingerprint density at radius 1 is 1.38 bits per heavy atom. The first-order valence-corrected chi connectivity index (χ1v) is 5.23. The first-order valence-electron chi connectivity index (χ1n) is 4.25. The summed E-state index contributed by atoms with van der Waals surface area (Å²) < 4.78 is 2.01. The van der Waals surface area contributed by atoms with Gasteiger partial charge in [-0.1, -0.05) is 11.8 Å². The molecule has 1 rings (SSSR count). The van der Waals surface area contributed by atoms with Crippen LogP contribution in [0.25, 0.3) is 0 Å². The molecule has 0 N–H and O–H groups in total. The Labute approximate surface area is 83.3 Å². The molecule has 0 radical (unpaired) electrons. The van der Waals surface area contributed by atoms with E-state index in [9.17, 15) is 0 Å². The normalized spacial score (nSPS) is 11.2. The minimum atomic E-state index is 0.965. The monoisotopic (exact) mass is 200 g/mol. The van der Waals surface area contributed by atoms with Crippen LogP contribution in [0.1, 0.15) is 5.82 Å². The van der Waals surface area contributed by atoms with Crippen LogP contribution in [0.15, 0.2) is 5.16 Å². The highest BCUT2D eigenvalue weighted by Crippen LogP contribution is 2.14. The third-order valence-corrected chi connectivity index (χ3v) is 2.82. The van der Waals surface area contributed by atoms with Crippen LogP contribution in [-0.2, 0) is 7.05 Å². The molecule has 0 aliphatic carbocycles. The number of aromatic nitrogens is 3. The Morgan fingerprint density at radius 2 is 2.08 bits per heavy atom. The molecule has 4 nitrogen and oxygen atoms in total. The highest BCUT2D eigenvalue weighted by Gasteiger charge is 2.04. The highest BCUT2D eigenvalue weighted by atomic mass is 32.2. The van der Waals surface area contributed by atoms with E-state index in [2.05, 4.69) is 29.2 Å². The summed E-state index contributed by atoms with van der Waals surface area (Å²) in [6, 6.07) is 0. The zero-order valence-electron chi connectivity index (χ0n) is 8.61. The van der Waals surface area contributed by atoms with E-state index in [1.165, 1.54) is 0 Å². The van der Waals surface area contributed by atoms with Crippen LogP contribution in [-0.4, -0.2) is 46.1 Å². The molecule has 0 saturated carbocycles. The zero-order valence-corrected chi connectivity index (χ0v) is 9.43. The summed E-state index contributed by atoms with van der Waals surface area (Å²) in [7, 11) is 6.14. The lowest BCUT2D eigenvalue weighted by atomic mass is 10.7. The van der Waals surface area contributed by atoms with Crippen molar-refractivity contribution in [1.82, 2.24) is 19.7 Å². The molecule has 0 aliphatic rings. The van der Waals surface area contributed by atoms with Crippen molar-refractivity contribution in [3.63, 3.8) is 0 Å². The number of rotatable bonds is 4. The van der Waals surface area contributed by atoms with Gasteiger partial charge in [-0.25, -0.2) is 0 Å². The summed E-state index contributed by atoms with van der Waals surface area (Å²) in [5.74, 6) is 2.02. The van der Waals surface area contributed by atoms with Crippen molar-refractivity contribution >= 4 is 11.8 Å². The SMILES string of the molecule is Cc1nnc(SCCN(C)C)n1C. The summed E-state index contributed by atoms with van der Waals surface area (Å²) in [5, 5.41) is 9.06.